The molecular weight excluding hydrogens is 408 g/mol. The molecule has 138 valence electrons. The molecule has 0 saturated carbocycles. The van der Waals surface area contributed by atoms with Gasteiger partial charge < -0.3 is 26.1 Å². The van der Waals surface area contributed by atoms with Gasteiger partial charge >= 0.3 is 0 Å². The maximum Gasteiger partial charge on any atom is 0.244 e. The van der Waals surface area contributed by atoms with E-state index in [0.717, 1.165) is 22.5 Å². The first-order valence-electron chi connectivity index (χ1n) is 8.41. The maximum atomic E-state index is 12.4. The van der Waals surface area contributed by atoms with E-state index in [0.29, 0.717) is 18.7 Å². The smallest absolute Gasteiger partial charge is 0.244 e. The number of rotatable bonds is 6. The second-order valence-corrected chi connectivity index (χ2v) is 6.16. The number of nitrogens with zero attached hydrogens (tertiary/aromatic N) is 2. The van der Waals surface area contributed by atoms with Gasteiger partial charge in [-0.05, 0) is 36.4 Å². The molecular formula is C21H19BrN2O3. The standard InChI is InChI=1S/C21H19N2O3.BrH/c1-25-18-8-6-16(7-9-18)20(24)14-23-11-10-22(15-23)13-19-12-17-4-2-3-5-21(17)26-19;/h2-12,15H,13-14H2,1H3;1H/q+1;/p-1. The number of methoxy groups -OCH3 is 1. The number of carbonyl (C=O) groups excluding carboxylic acids is 1. The first-order valence-corrected chi connectivity index (χ1v) is 8.41. The lowest BCUT2D eigenvalue weighted by atomic mass is 10.1. The van der Waals surface area contributed by atoms with Crippen LogP contribution in [0.5, 0.6) is 5.75 Å². The molecule has 0 aliphatic carbocycles. The second-order valence-electron chi connectivity index (χ2n) is 6.16. The molecule has 0 atom stereocenters. The summed E-state index contributed by atoms with van der Waals surface area (Å²) in [5.41, 5.74) is 1.56. The van der Waals surface area contributed by atoms with Crippen LogP contribution in [0.2, 0.25) is 0 Å². The minimum absolute atomic E-state index is 0. The molecule has 4 rings (SSSR count). The van der Waals surface area contributed by atoms with Crippen molar-refractivity contribution in [2.24, 2.45) is 0 Å². The van der Waals surface area contributed by atoms with Gasteiger partial charge in [0.1, 0.15) is 36.0 Å². The first-order chi connectivity index (χ1) is 12.7. The Kier molecular flexibility index (Phi) is 5.76. The Labute approximate surface area is 167 Å². The van der Waals surface area contributed by atoms with E-state index in [1.165, 1.54) is 0 Å². The number of hydrogen-bond acceptors (Lipinski definition) is 3. The molecule has 5 nitrogen and oxygen atoms in total. The zero-order valence-corrected chi connectivity index (χ0v) is 16.4. The number of para-hydroxylation sites is 1. The Morgan fingerprint density at radius 1 is 1.15 bits per heavy atom. The van der Waals surface area contributed by atoms with Gasteiger partial charge in [-0.2, -0.15) is 0 Å². The zero-order valence-electron chi connectivity index (χ0n) is 14.8. The van der Waals surface area contributed by atoms with Crippen LogP contribution in [0.3, 0.4) is 0 Å². The van der Waals surface area contributed by atoms with Crippen molar-refractivity contribution in [3.63, 3.8) is 0 Å². The van der Waals surface area contributed by atoms with Gasteiger partial charge in [0.15, 0.2) is 6.54 Å². The van der Waals surface area contributed by atoms with E-state index < -0.39 is 0 Å². The highest BCUT2D eigenvalue weighted by atomic mass is 79.9. The van der Waals surface area contributed by atoms with Crippen LogP contribution in [0.25, 0.3) is 11.0 Å². The van der Waals surface area contributed by atoms with Crippen molar-refractivity contribution in [2.75, 3.05) is 7.11 Å². The van der Waals surface area contributed by atoms with Crippen LogP contribution in [-0.4, -0.2) is 17.5 Å². The maximum absolute atomic E-state index is 12.4. The van der Waals surface area contributed by atoms with Crippen molar-refractivity contribution in [3.05, 3.63) is 84.6 Å². The van der Waals surface area contributed by atoms with Crippen LogP contribution in [-0.2, 0) is 13.1 Å². The molecule has 2 aromatic carbocycles. The van der Waals surface area contributed by atoms with Crippen molar-refractivity contribution >= 4 is 16.8 Å². The van der Waals surface area contributed by atoms with E-state index in [-0.39, 0.29) is 22.8 Å². The van der Waals surface area contributed by atoms with Gasteiger partial charge in [0.2, 0.25) is 12.1 Å². The topological polar surface area (TPSA) is 48.2 Å². The zero-order chi connectivity index (χ0) is 17.9. The fourth-order valence-electron chi connectivity index (χ4n) is 2.95. The first kappa shape index (κ1) is 18.9. The predicted molar refractivity (Wildman–Crippen MR) is 97.3 cm³/mol. The molecule has 0 aliphatic rings. The molecule has 0 aliphatic heterocycles. The summed E-state index contributed by atoms with van der Waals surface area (Å²) in [6, 6.07) is 17.2. The molecule has 6 heteroatoms. The van der Waals surface area contributed by atoms with Crippen molar-refractivity contribution in [3.8, 4) is 5.75 Å². The molecule has 0 unspecified atom stereocenters. The fraction of sp³-hybridized carbons (Fsp3) is 0.143. The number of fused-ring (bicyclic) bond motifs is 1. The van der Waals surface area contributed by atoms with Crippen LogP contribution in [0, 0.1) is 0 Å². The van der Waals surface area contributed by atoms with Crippen molar-refractivity contribution < 1.29 is 35.5 Å². The molecule has 27 heavy (non-hydrogen) atoms. The average molecular weight is 427 g/mol. The Morgan fingerprint density at radius 3 is 2.67 bits per heavy atom. The van der Waals surface area contributed by atoms with Gasteiger partial charge in [-0.15, -0.1) is 0 Å². The SMILES string of the molecule is COc1ccc(C(=O)C[n+]2ccn(Cc3cc4ccccc4o3)c2)cc1.[Br-]. The Balaban J connectivity index is 0.00000210. The van der Waals surface area contributed by atoms with E-state index in [1.807, 2.05) is 58.2 Å². The molecule has 0 radical (unpaired) electrons. The highest BCUT2D eigenvalue weighted by Crippen LogP contribution is 2.19. The van der Waals surface area contributed by atoms with E-state index in [2.05, 4.69) is 0 Å². The van der Waals surface area contributed by atoms with Gasteiger partial charge in [0.25, 0.3) is 0 Å². The van der Waals surface area contributed by atoms with Gasteiger partial charge in [0.05, 0.1) is 7.11 Å². The number of benzene rings is 2. The number of furan rings is 1. The Bertz CT molecular complexity index is 1020. The van der Waals surface area contributed by atoms with Crippen molar-refractivity contribution in [2.45, 2.75) is 13.1 Å². The number of imidazole rings is 1. The Morgan fingerprint density at radius 2 is 1.93 bits per heavy atom. The molecule has 0 N–H and O–H groups in total. The van der Waals surface area contributed by atoms with Crippen molar-refractivity contribution in [1.29, 1.82) is 0 Å². The third-order valence-electron chi connectivity index (χ3n) is 4.30. The summed E-state index contributed by atoms with van der Waals surface area (Å²) in [5.74, 6) is 1.68. The number of carbonyl (C=O) groups is 1. The lowest BCUT2D eigenvalue weighted by Gasteiger charge is -2.01. The number of ketones is 1. The fourth-order valence-corrected chi connectivity index (χ4v) is 2.95. The van der Waals surface area contributed by atoms with Gasteiger partial charge in [-0.1, -0.05) is 18.2 Å². The van der Waals surface area contributed by atoms with Crippen LogP contribution in [0.15, 0.2) is 77.7 Å². The number of halogens is 1. The monoisotopic (exact) mass is 426 g/mol. The summed E-state index contributed by atoms with van der Waals surface area (Å²) in [5, 5.41) is 1.09. The third kappa shape index (κ3) is 4.28. The summed E-state index contributed by atoms with van der Waals surface area (Å²) in [7, 11) is 1.61. The molecule has 2 aromatic heterocycles. The summed E-state index contributed by atoms with van der Waals surface area (Å²) in [4.78, 5) is 12.4. The molecule has 0 spiro atoms. The summed E-state index contributed by atoms with van der Waals surface area (Å²) < 4.78 is 14.8. The summed E-state index contributed by atoms with van der Waals surface area (Å²) in [6.07, 6.45) is 5.74. The highest BCUT2D eigenvalue weighted by Gasteiger charge is 2.13. The summed E-state index contributed by atoms with van der Waals surface area (Å²) in [6.45, 7) is 0.915. The molecule has 2 heterocycles. The largest absolute Gasteiger partial charge is 1.00 e. The van der Waals surface area contributed by atoms with Crippen LogP contribution < -0.4 is 26.3 Å². The van der Waals surface area contributed by atoms with Crippen LogP contribution in [0.4, 0.5) is 0 Å². The highest BCUT2D eigenvalue weighted by molar-refractivity contribution is 5.95. The van der Waals surface area contributed by atoms with Crippen molar-refractivity contribution in [1.82, 2.24) is 4.57 Å². The molecule has 0 amide bonds. The van der Waals surface area contributed by atoms with E-state index in [1.54, 1.807) is 31.4 Å². The molecule has 0 fully saturated rings. The van der Waals surface area contributed by atoms with Gasteiger partial charge in [0, 0.05) is 10.9 Å². The normalized spacial score (nSPS) is 10.6. The average Bonchev–Trinajstić information content (AvgIpc) is 3.28. The summed E-state index contributed by atoms with van der Waals surface area (Å²) >= 11 is 0. The number of hydrogen-bond donors (Lipinski definition) is 0. The van der Waals surface area contributed by atoms with Gasteiger partial charge in [-0.3, -0.25) is 4.79 Å². The second kappa shape index (κ2) is 8.22. The third-order valence-corrected chi connectivity index (χ3v) is 4.30. The Hall–Kier alpha value is -2.86. The lowest BCUT2D eigenvalue weighted by Crippen LogP contribution is -3.00. The van der Waals surface area contributed by atoms with E-state index >= 15 is 0 Å². The lowest BCUT2D eigenvalue weighted by molar-refractivity contribution is -0.682. The number of ether oxygens (including phenoxy) is 1. The van der Waals surface area contributed by atoms with Gasteiger partial charge in [-0.25, -0.2) is 9.13 Å². The molecule has 4 aromatic rings. The predicted octanol–water partition coefficient (Wildman–Crippen LogP) is 0.466. The molecule has 0 bridgehead atoms. The number of Topliss-reactive ketones (excluding diaryl/α,β-unsaturated/α-hetero) is 1. The minimum atomic E-state index is 0. The van der Waals surface area contributed by atoms with E-state index in [9.17, 15) is 4.79 Å². The van der Waals surface area contributed by atoms with Crippen LogP contribution in [0.1, 0.15) is 16.1 Å². The minimum Gasteiger partial charge on any atom is -1.00 e. The van der Waals surface area contributed by atoms with E-state index in [4.69, 9.17) is 9.15 Å². The quantitative estimate of drug-likeness (QED) is 0.332. The van der Waals surface area contributed by atoms with Crippen LogP contribution >= 0.6 is 0 Å². The number of aromatic nitrogens is 2. The molecule has 0 saturated heterocycles.